The van der Waals surface area contributed by atoms with E-state index in [0.29, 0.717) is 13.0 Å². The molecular weight excluding hydrogens is 612 g/mol. The first-order valence-corrected chi connectivity index (χ1v) is 19.8. The van der Waals surface area contributed by atoms with Crippen molar-refractivity contribution in [3.63, 3.8) is 0 Å². The van der Waals surface area contributed by atoms with Crippen molar-refractivity contribution in [1.29, 1.82) is 0 Å². The molecule has 0 aromatic carbocycles. The molecule has 10 nitrogen and oxygen atoms in total. The largest absolute Gasteiger partial charge is 0.394 e. The summed E-state index contributed by atoms with van der Waals surface area (Å²) < 4.78 is 11.1. The fourth-order valence-electron chi connectivity index (χ4n) is 6.27. The average molecular weight is 687 g/mol. The number of hydrogen-bond acceptors (Lipinski definition) is 8. The van der Waals surface area contributed by atoms with Gasteiger partial charge >= 0.3 is 0 Å². The zero-order valence-electron chi connectivity index (χ0n) is 30.7. The smallest absolute Gasteiger partial charge is 0.244 e. The second-order valence-electron chi connectivity index (χ2n) is 14.0. The molecule has 1 aliphatic rings. The van der Waals surface area contributed by atoms with Crippen LogP contribution >= 0.6 is 0 Å². The number of nitrogens with one attached hydrogen (secondary N) is 2. The zero-order chi connectivity index (χ0) is 35.2. The van der Waals surface area contributed by atoms with E-state index in [1.54, 1.807) is 0 Å². The zero-order valence-corrected chi connectivity index (χ0v) is 30.7. The highest BCUT2D eigenvalue weighted by Gasteiger charge is 2.44. The Morgan fingerprint density at radius 1 is 0.625 bits per heavy atom. The van der Waals surface area contributed by atoms with Gasteiger partial charge in [-0.1, -0.05) is 155 Å². The maximum absolute atomic E-state index is 13.1. The van der Waals surface area contributed by atoms with Crippen LogP contribution in [0, 0.1) is 0 Å². The number of carbonyl (C=O) groups excluding carboxylic acids is 2. The second kappa shape index (κ2) is 30.5. The molecule has 2 amide bonds. The normalized spacial score (nSPS) is 21.7. The summed E-state index contributed by atoms with van der Waals surface area (Å²) in [5.74, 6) is -0.629. The summed E-state index contributed by atoms with van der Waals surface area (Å²) in [5.41, 5.74) is 0. The molecule has 1 rings (SSSR count). The lowest BCUT2D eigenvalue weighted by Crippen LogP contribution is -2.60. The Morgan fingerprint density at radius 2 is 1.06 bits per heavy atom. The van der Waals surface area contributed by atoms with Gasteiger partial charge in [0.2, 0.25) is 11.8 Å². The summed E-state index contributed by atoms with van der Waals surface area (Å²) in [4.78, 5) is 25.9. The lowest BCUT2D eigenvalue weighted by molar-refractivity contribution is -0.301. The van der Waals surface area contributed by atoms with Crippen molar-refractivity contribution in [2.45, 2.75) is 211 Å². The molecule has 0 aromatic heterocycles. The molecule has 0 radical (unpaired) electrons. The lowest BCUT2D eigenvalue weighted by atomic mass is 9.99. The maximum Gasteiger partial charge on any atom is 0.244 e. The van der Waals surface area contributed by atoms with Crippen molar-refractivity contribution < 1.29 is 39.5 Å². The van der Waals surface area contributed by atoms with Crippen LogP contribution in [0.3, 0.4) is 0 Å². The summed E-state index contributed by atoms with van der Waals surface area (Å²) in [6.45, 7) is 4.09. The van der Waals surface area contributed by atoms with Gasteiger partial charge in [-0.2, -0.15) is 0 Å². The van der Waals surface area contributed by atoms with E-state index in [1.165, 1.54) is 116 Å². The van der Waals surface area contributed by atoms with Crippen LogP contribution in [-0.4, -0.2) is 88.7 Å². The first-order valence-electron chi connectivity index (χ1n) is 19.8. The van der Waals surface area contributed by atoms with Crippen molar-refractivity contribution in [2.24, 2.45) is 0 Å². The number of rotatable bonds is 32. The van der Waals surface area contributed by atoms with Crippen molar-refractivity contribution in [3.8, 4) is 0 Å². The van der Waals surface area contributed by atoms with E-state index in [9.17, 15) is 30.0 Å². The first kappa shape index (κ1) is 44.7. The number of unbranched alkanes of at least 4 members (excludes halogenated alkanes) is 22. The third kappa shape index (κ3) is 21.7. The number of hydrogen-bond donors (Lipinski definition) is 6. The van der Waals surface area contributed by atoms with E-state index in [4.69, 9.17) is 9.47 Å². The minimum absolute atomic E-state index is 0.245. The van der Waals surface area contributed by atoms with E-state index in [0.717, 1.165) is 38.5 Å². The maximum atomic E-state index is 13.1. The molecule has 6 N–H and O–H groups in total. The molecule has 1 fully saturated rings. The molecule has 1 saturated heterocycles. The molecule has 0 spiro atoms. The van der Waals surface area contributed by atoms with Gasteiger partial charge < -0.3 is 40.5 Å². The van der Waals surface area contributed by atoms with Gasteiger partial charge in [0, 0.05) is 13.0 Å². The van der Waals surface area contributed by atoms with Gasteiger partial charge in [0.25, 0.3) is 0 Å². The molecule has 0 aliphatic carbocycles. The predicted molar refractivity (Wildman–Crippen MR) is 191 cm³/mol. The molecule has 284 valence electrons. The van der Waals surface area contributed by atoms with Gasteiger partial charge in [0.1, 0.15) is 30.5 Å². The highest BCUT2D eigenvalue weighted by atomic mass is 16.7. The van der Waals surface area contributed by atoms with Gasteiger partial charge in [-0.3, -0.25) is 9.59 Å². The Morgan fingerprint density at radius 3 is 1.52 bits per heavy atom. The van der Waals surface area contributed by atoms with Crippen molar-refractivity contribution in [3.05, 3.63) is 0 Å². The third-order valence-electron chi connectivity index (χ3n) is 9.51. The molecule has 0 bridgehead atoms. The van der Waals surface area contributed by atoms with E-state index in [1.807, 2.05) is 0 Å². The predicted octanol–water partition coefficient (Wildman–Crippen LogP) is 6.20. The summed E-state index contributed by atoms with van der Waals surface area (Å²) in [6.07, 6.45) is 22.3. The molecular formula is C38H74N2O8. The second-order valence-corrected chi connectivity index (χ2v) is 14.0. The third-order valence-corrected chi connectivity index (χ3v) is 9.51. The van der Waals surface area contributed by atoms with Gasteiger partial charge in [0.05, 0.1) is 13.2 Å². The summed E-state index contributed by atoms with van der Waals surface area (Å²) in [6, 6.07) is -1.01. The highest BCUT2D eigenvalue weighted by Crippen LogP contribution is 2.22. The Hall–Kier alpha value is -1.30. The number of amides is 2. The Bertz CT molecular complexity index is 771. The van der Waals surface area contributed by atoms with Crippen molar-refractivity contribution >= 4 is 11.8 Å². The van der Waals surface area contributed by atoms with Gasteiger partial charge in [-0.05, 0) is 12.8 Å². The number of aliphatic hydroxyl groups excluding tert-OH is 4. The van der Waals surface area contributed by atoms with Crippen LogP contribution in [0.1, 0.15) is 174 Å². The Kier molecular flexibility index (Phi) is 28.4. The lowest BCUT2D eigenvalue weighted by Gasteiger charge is -2.39. The minimum Gasteiger partial charge on any atom is -0.394 e. The van der Waals surface area contributed by atoms with Crippen LogP contribution in [0.5, 0.6) is 0 Å². The topological polar surface area (TPSA) is 158 Å². The first-order chi connectivity index (χ1) is 23.3. The molecule has 1 heterocycles. The standard InChI is InChI=1S/C38H74N2O8/c1-3-5-7-9-11-13-15-17-19-21-23-25-27-33(42)40-31(30-47-38-36(45)35(44)34(43)32(29-41)48-38)37(46)39-28-26-24-22-20-18-16-14-12-10-8-6-4-2/h31-32,34-36,38,41,43-45H,3-30H2,1-2H3,(H,39,46)(H,40,42)/t31-,32+,34-,35-,36+,38-/m0/s1. The molecule has 48 heavy (non-hydrogen) atoms. The summed E-state index contributed by atoms with van der Waals surface area (Å²) >= 11 is 0. The number of aliphatic hydroxyl groups is 4. The van der Waals surface area contributed by atoms with Crippen LogP contribution in [0.4, 0.5) is 0 Å². The fraction of sp³-hybridized carbons (Fsp3) is 0.947. The van der Waals surface area contributed by atoms with E-state index in [-0.39, 0.29) is 18.4 Å². The van der Waals surface area contributed by atoms with Crippen molar-refractivity contribution in [1.82, 2.24) is 10.6 Å². The van der Waals surface area contributed by atoms with E-state index < -0.39 is 43.4 Å². The van der Waals surface area contributed by atoms with Crippen LogP contribution in [0.2, 0.25) is 0 Å². The Labute approximate surface area is 292 Å². The molecule has 0 saturated carbocycles. The quantitative estimate of drug-likeness (QED) is 0.0457. The van der Waals surface area contributed by atoms with E-state index >= 15 is 0 Å². The number of ether oxygens (including phenoxy) is 2. The number of carbonyl (C=O) groups is 2. The van der Waals surface area contributed by atoms with Gasteiger partial charge in [-0.15, -0.1) is 0 Å². The SMILES string of the molecule is CCCCCCCCCCCCCCNC(=O)[C@H](CO[C@H]1O[C@H](CO)[C@H](O)[C@H](O)[C@H]1O)NC(=O)CCCCCCCCCCCCCC. The molecule has 0 aromatic rings. The van der Waals surface area contributed by atoms with Crippen LogP contribution in [0.25, 0.3) is 0 Å². The minimum atomic E-state index is -1.58. The van der Waals surface area contributed by atoms with Crippen LogP contribution in [0.15, 0.2) is 0 Å². The molecule has 0 unspecified atom stereocenters. The fourth-order valence-corrected chi connectivity index (χ4v) is 6.27. The average Bonchev–Trinajstić information content (AvgIpc) is 3.08. The molecule has 1 aliphatic heterocycles. The molecule has 10 heteroatoms. The monoisotopic (exact) mass is 687 g/mol. The van der Waals surface area contributed by atoms with Gasteiger partial charge in [0.15, 0.2) is 6.29 Å². The Balaban J connectivity index is 2.40. The van der Waals surface area contributed by atoms with Crippen molar-refractivity contribution in [2.75, 3.05) is 19.8 Å². The van der Waals surface area contributed by atoms with Crippen LogP contribution < -0.4 is 10.6 Å². The van der Waals surface area contributed by atoms with Crippen LogP contribution in [-0.2, 0) is 19.1 Å². The molecule has 6 atom stereocenters. The van der Waals surface area contributed by atoms with E-state index in [2.05, 4.69) is 24.5 Å². The highest BCUT2D eigenvalue weighted by molar-refractivity contribution is 5.87. The summed E-state index contributed by atoms with van der Waals surface area (Å²) in [5, 5.41) is 45.6. The van der Waals surface area contributed by atoms with Gasteiger partial charge in [-0.25, -0.2) is 0 Å². The summed E-state index contributed by atoms with van der Waals surface area (Å²) in [7, 11) is 0.